The number of ether oxygens (including phenoxy) is 3. The molecule has 0 aliphatic carbocycles. The average molecular weight is 380 g/mol. The van der Waals surface area contributed by atoms with Crippen LogP contribution in [0.1, 0.15) is 18.1 Å². The molecular weight excluding hydrogens is 360 g/mol. The summed E-state index contributed by atoms with van der Waals surface area (Å²) >= 11 is 0. The van der Waals surface area contributed by atoms with Crippen LogP contribution in [0.2, 0.25) is 0 Å². The minimum atomic E-state index is -0.649. The van der Waals surface area contributed by atoms with Gasteiger partial charge in [0, 0.05) is 11.8 Å². The van der Waals surface area contributed by atoms with Crippen molar-refractivity contribution in [2.24, 2.45) is 0 Å². The van der Waals surface area contributed by atoms with Crippen molar-refractivity contribution in [2.45, 2.75) is 6.92 Å². The van der Waals surface area contributed by atoms with Crippen molar-refractivity contribution in [2.75, 3.05) is 25.6 Å². The average Bonchev–Trinajstić information content (AvgIpc) is 2.71. The third-order valence-electron chi connectivity index (χ3n) is 3.54. The summed E-state index contributed by atoms with van der Waals surface area (Å²) in [5, 5.41) is 11.3. The first-order chi connectivity index (χ1) is 13.5. The number of rotatable bonds is 8. The lowest BCUT2D eigenvalue weighted by Gasteiger charge is -2.09. The van der Waals surface area contributed by atoms with Gasteiger partial charge in [0.25, 0.3) is 5.91 Å². The van der Waals surface area contributed by atoms with Gasteiger partial charge in [-0.2, -0.15) is 5.26 Å². The van der Waals surface area contributed by atoms with E-state index in [4.69, 9.17) is 19.5 Å². The van der Waals surface area contributed by atoms with Gasteiger partial charge in [-0.25, -0.2) is 4.79 Å². The predicted molar refractivity (Wildman–Crippen MR) is 104 cm³/mol. The molecule has 0 radical (unpaired) electrons. The molecule has 0 atom stereocenters. The summed E-state index contributed by atoms with van der Waals surface area (Å²) in [7, 11) is 1.55. The number of nitrogens with zero attached hydrogens (tertiary/aromatic N) is 1. The van der Waals surface area contributed by atoms with Crippen LogP contribution < -0.4 is 14.8 Å². The lowest BCUT2D eigenvalue weighted by Crippen LogP contribution is -2.20. The Kier molecular flexibility index (Phi) is 7.61. The largest absolute Gasteiger partial charge is 0.493 e. The summed E-state index contributed by atoms with van der Waals surface area (Å²) < 4.78 is 15.6. The van der Waals surface area contributed by atoms with Crippen LogP contribution in [0, 0.1) is 11.3 Å². The lowest BCUT2D eigenvalue weighted by molar-refractivity contribution is -0.142. The fraction of sp³-hybridized carbons (Fsp3) is 0.190. The second-order valence-electron chi connectivity index (χ2n) is 5.52. The molecule has 0 aliphatic rings. The highest BCUT2D eigenvalue weighted by Crippen LogP contribution is 2.28. The highest BCUT2D eigenvalue weighted by atomic mass is 16.5. The zero-order valence-corrected chi connectivity index (χ0v) is 15.6. The van der Waals surface area contributed by atoms with Crippen molar-refractivity contribution >= 4 is 23.6 Å². The molecule has 0 fully saturated rings. The van der Waals surface area contributed by atoms with Gasteiger partial charge in [0.2, 0.25) is 0 Å². The van der Waals surface area contributed by atoms with Gasteiger partial charge in [0.1, 0.15) is 0 Å². The fourth-order valence-electron chi connectivity index (χ4n) is 2.24. The van der Waals surface area contributed by atoms with E-state index in [1.54, 1.807) is 55.7 Å². The number of hydrogen-bond acceptors (Lipinski definition) is 6. The van der Waals surface area contributed by atoms with Crippen molar-refractivity contribution in [1.82, 2.24) is 0 Å². The molecule has 28 heavy (non-hydrogen) atoms. The molecule has 7 heteroatoms. The van der Waals surface area contributed by atoms with E-state index in [-0.39, 0.29) is 0 Å². The van der Waals surface area contributed by atoms with E-state index in [1.807, 2.05) is 13.0 Å². The summed E-state index contributed by atoms with van der Waals surface area (Å²) in [5.74, 6) is 0.0432. The molecule has 0 aliphatic heterocycles. The van der Waals surface area contributed by atoms with E-state index in [9.17, 15) is 9.59 Å². The SMILES string of the molecule is CCOc1cc(/C=C/C(=O)OCC(=O)Nc2ccc(C#N)cc2)ccc1OC. The molecule has 1 N–H and O–H groups in total. The molecule has 0 unspecified atom stereocenters. The Balaban J connectivity index is 1.86. The molecule has 2 rings (SSSR count). The Morgan fingerprint density at radius 1 is 1.14 bits per heavy atom. The second kappa shape index (κ2) is 10.4. The Labute approximate surface area is 163 Å². The van der Waals surface area contributed by atoms with Crippen molar-refractivity contribution in [3.63, 3.8) is 0 Å². The minimum Gasteiger partial charge on any atom is -0.493 e. The molecule has 7 nitrogen and oxygen atoms in total. The summed E-state index contributed by atoms with van der Waals surface area (Å²) in [6.07, 6.45) is 2.79. The number of hydrogen-bond donors (Lipinski definition) is 1. The molecule has 0 bridgehead atoms. The van der Waals surface area contributed by atoms with Gasteiger partial charge in [0.15, 0.2) is 18.1 Å². The number of carbonyl (C=O) groups excluding carboxylic acids is 2. The van der Waals surface area contributed by atoms with Gasteiger partial charge >= 0.3 is 5.97 Å². The number of benzene rings is 2. The quantitative estimate of drug-likeness (QED) is 0.558. The number of carbonyl (C=O) groups is 2. The number of methoxy groups -OCH3 is 1. The maximum absolute atomic E-state index is 11.8. The third kappa shape index (κ3) is 6.18. The molecule has 2 aromatic carbocycles. The van der Waals surface area contributed by atoms with Crippen molar-refractivity contribution in [3.8, 4) is 17.6 Å². The Bertz CT molecular complexity index is 898. The normalized spacial score (nSPS) is 10.2. The van der Waals surface area contributed by atoms with E-state index in [0.717, 1.165) is 5.56 Å². The molecule has 0 saturated carbocycles. The molecule has 0 heterocycles. The van der Waals surface area contributed by atoms with E-state index in [1.165, 1.54) is 6.08 Å². The summed E-state index contributed by atoms with van der Waals surface area (Å²) in [4.78, 5) is 23.6. The third-order valence-corrected chi connectivity index (χ3v) is 3.54. The van der Waals surface area contributed by atoms with Gasteiger partial charge in [0.05, 0.1) is 25.3 Å². The first kappa shape index (κ1) is 20.5. The minimum absolute atomic E-state index is 0.421. The monoisotopic (exact) mass is 380 g/mol. The maximum atomic E-state index is 11.8. The van der Waals surface area contributed by atoms with Crippen molar-refractivity contribution in [1.29, 1.82) is 5.26 Å². The number of nitrogens with one attached hydrogen (secondary N) is 1. The number of amides is 1. The zero-order valence-electron chi connectivity index (χ0n) is 15.6. The van der Waals surface area contributed by atoms with E-state index in [2.05, 4.69) is 5.32 Å². The Morgan fingerprint density at radius 2 is 1.89 bits per heavy atom. The van der Waals surface area contributed by atoms with Crippen molar-refractivity contribution < 1.29 is 23.8 Å². The zero-order chi connectivity index (χ0) is 20.4. The summed E-state index contributed by atoms with van der Waals surface area (Å²) in [5.41, 5.74) is 1.72. The van der Waals surface area contributed by atoms with Gasteiger partial charge in [-0.15, -0.1) is 0 Å². The Morgan fingerprint density at radius 3 is 2.54 bits per heavy atom. The molecule has 0 aromatic heterocycles. The van der Waals surface area contributed by atoms with Gasteiger partial charge < -0.3 is 19.5 Å². The topological polar surface area (TPSA) is 97.6 Å². The first-order valence-corrected chi connectivity index (χ1v) is 8.51. The molecule has 1 amide bonds. The van der Waals surface area contributed by atoms with Crippen LogP contribution in [0.3, 0.4) is 0 Å². The fourth-order valence-corrected chi connectivity index (χ4v) is 2.24. The van der Waals surface area contributed by atoms with Crippen LogP contribution in [0.25, 0.3) is 6.08 Å². The number of esters is 1. The van der Waals surface area contributed by atoms with E-state index >= 15 is 0 Å². The van der Waals surface area contributed by atoms with Crippen LogP contribution in [-0.4, -0.2) is 32.2 Å². The van der Waals surface area contributed by atoms with E-state index < -0.39 is 18.5 Å². The number of nitriles is 1. The highest BCUT2D eigenvalue weighted by Gasteiger charge is 2.07. The lowest BCUT2D eigenvalue weighted by atomic mass is 10.2. The van der Waals surface area contributed by atoms with Gasteiger partial charge in [-0.1, -0.05) is 6.07 Å². The van der Waals surface area contributed by atoms with E-state index in [0.29, 0.717) is 29.4 Å². The predicted octanol–water partition coefficient (Wildman–Crippen LogP) is 3.16. The smallest absolute Gasteiger partial charge is 0.331 e. The van der Waals surface area contributed by atoms with Gasteiger partial charge in [-0.3, -0.25) is 4.79 Å². The Hall–Kier alpha value is -3.79. The van der Waals surface area contributed by atoms with Crippen LogP contribution in [0.5, 0.6) is 11.5 Å². The summed E-state index contributed by atoms with van der Waals surface area (Å²) in [6.45, 7) is 1.93. The van der Waals surface area contributed by atoms with Crippen LogP contribution >= 0.6 is 0 Å². The van der Waals surface area contributed by atoms with Crippen LogP contribution in [0.4, 0.5) is 5.69 Å². The van der Waals surface area contributed by atoms with Crippen molar-refractivity contribution in [3.05, 3.63) is 59.7 Å². The van der Waals surface area contributed by atoms with Crippen LogP contribution in [0.15, 0.2) is 48.5 Å². The molecule has 0 saturated heterocycles. The molecule has 2 aromatic rings. The molecule has 0 spiro atoms. The standard InChI is InChI=1S/C21H20N2O5/c1-3-27-19-12-15(6-10-18(19)26-2)7-11-21(25)28-14-20(24)23-17-8-4-16(13-22)5-9-17/h4-12H,3,14H2,1-2H3,(H,23,24)/b11-7+. The molecular formula is C21H20N2O5. The van der Waals surface area contributed by atoms with Crippen LogP contribution in [-0.2, 0) is 14.3 Å². The summed E-state index contributed by atoms with van der Waals surface area (Å²) in [6, 6.07) is 13.6. The maximum Gasteiger partial charge on any atom is 0.331 e. The highest BCUT2D eigenvalue weighted by molar-refractivity contribution is 5.94. The second-order valence-corrected chi connectivity index (χ2v) is 5.52. The van der Waals surface area contributed by atoms with Gasteiger partial charge in [-0.05, 0) is 55.0 Å². The molecule has 144 valence electrons. The first-order valence-electron chi connectivity index (χ1n) is 8.51. The number of anilines is 1.